The SMILES string of the molecule is Nc1cc(N(Cc2ccccc2)S(=O)(=O)c2ccccc2)cc([N+](=O)[O-])c1. The van der Waals surface area contributed by atoms with Crippen LogP contribution < -0.4 is 10.0 Å². The van der Waals surface area contributed by atoms with Crippen molar-refractivity contribution in [3.05, 3.63) is 94.5 Å². The van der Waals surface area contributed by atoms with Crippen LogP contribution in [0.5, 0.6) is 0 Å². The lowest BCUT2D eigenvalue weighted by Crippen LogP contribution is -2.30. The first-order valence-electron chi connectivity index (χ1n) is 8.04. The molecule has 3 aromatic rings. The maximum absolute atomic E-state index is 13.2. The van der Waals surface area contributed by atoms with Gasteiger partial charge in [-0.25, -0.2) is 8.42 Å². The molecule has 0 spiro atoms. The summed E-state index contributed by atoms with van der Waals surface area (Å²) in [7, 11) is -3.96. The number of nitro groups is 1. The van der Waals surface area contributed by atoms with Gasteiger partial charge in [-0.3, -0.25) is 14.4 Å². The van der Waals surface area contributed by atoms with Gasteiger partial charge in [0.25, 0.3) is 15.7 Å². The van der Waals surface area contributed by atoms with Crippen molar-refractivity contribution < 1.29 is 13.3 Å². The molecule has 27 heavy (non-hydrogen) atoms. The predicted molar refractivity (Wildman–Crippen MR) is 104 cm³/mol. The molecule has 7 nitrogen and oxygen atoms in total. The van der Waals surface area contributed by atoms with Gasteiger partial charge in [0, 0.05) is 17.8 Å². The molecule has 0 aliphatic carbocycles. The van der Waals surface area contributed by atoms with Crippen molar-refractivity contribution in [3.63, 3.8) is 0 Å². The van der Waals surface area contributed by atoms with Gasteiger partial charge in [0.1, 0.15) is 0 Å². The Morgan fingerprint density at radius 1 is 0.926 bits per heavy atom. The molecule has 0 heterocycles. The summed E-state index contributed by atoms with van der Waals surface area (Å²) in [5.41, 5.74) is 6.50. The zero-order valence-corrected chi connectivity index (χ0v) is 15.0. The van der Waals surface area contributed by atoms with Crippen molar-refractivity contribution in [2.24, 2.45) is 0 Å². The molecule has 3 rings (SSSR count). The van der Waals surface area contributed by atoms with Crippen LogP contribution in [-0.4, -0.2) is 13.3 Å². The van der Waals surface area contributed by atoms with E-state index >= 15 is 0 Å². The quantitative estimate of drug-likeness (QED) is 0.398. The van der Waals surface area contributed by atoms with Crippen LogP contribution in [0.25, 0.3) is 0 Å². The first-order valence-corrected chi connectivity index (χ1v) is 9.48. The third-order valence-corrected chi connectivity index (χ3v) is 5.71. The van der Waals surface area contributed by atoms with Crippen molar-refractivity contribution in [3.8, 4) is 0 Å². The van der Waals surface area contributed by atoms with E-state index in [1.165, 1.54) is 30.3 Å². The number of nitrogens with zero attached hydrogens (tertiary/aromatic N) is 2. The van der Waals surface area contributed by atoms with Crippen LogP contribution >= 0.6 is 0 Å². The fraction of sp³-hybridized carbons (Fsp3) is 0.0526. The van der Waals surface area contributed by atoms with Gasteiger partial charge < -0.3 is 5.73 Å². The average molecular weight is 383 g/mol. The number of hydrogen-bond donors (Lipinski definition) is 1. The number of nitro benzene ring substituents is 1. The Labute approximate surface area is 156 Å². The molecule has 0 aliphatic heterocycles. The molecule has 0 saturated heterocycles. The minimum atomic E-state index is -3.96. The maximum atomic E-state index is 13.2. The summed E-state index contributed by atoms with van der Waals surface area (Å²) < 4.78 is 27.6. The Balaban J connectivity index is 2.15. The fourth-order valence-corrected chi connectivity index (χ4v) is 4.11. The standard InChI is InChI=1S/C19H17N3O4S/c20-16-11-17(13-18(12-16)22(23)24)21(14-15-7-3-1-4-8-15)27(25,26)19-9-5-2-6-10-19/h1-13H,14,20H2. The molecule has 0 unspecified atom stereocenters. The molecule has 0 fully saturated rings. The van der Waals surface area contributed by atoms with Crippen LogP contribution in [0.2, 0.25) is 0 Å². The Hall–Kier alpha value is -3.39. The molecule has 0 bridgehead atoms. The van der Waals surface area contributed by atoms with Gasteiger partial charge in [0.05, 0.1) is 22.1 Å². The summed E-state index contributed by atoms with van der Waals surface area (Å²) >= 11 is 0. The van der Waals surface area contributed by atoms with Gasteiger partial charge in [0.15, 0.2) is 0 Å². The highest BCUT2D eigenvalue weighted by atomic mass is 32.2. The van der Waals surface area contributed by atoms with Crippen molar-refractivity contribution in [2.45, 2.75) is 11.4 Å². The van der Waals surface area contributed by atoms with Crippen LogP contribution in [0.1, 0.15) is 5.56 Å². The molecule has 138 valence electrons. The number of anilines is 2. The number of rotatable bonds is 6. The van der Waals surface area contributed by atoms with Gasteiger partial charge in [0.2, 0.25) is 0 Å². The smallest absolute Gasteiger partial charge is 0.273 e. The topological polar surface area (TPSA) is 107 Å². The van der Waals surface area contributed by atoms with Gasteiger partial charge in [-0.1, -0.05) is 48.5 Å². The summed E-state index contributed by atoms with van der Waals surface area (Å²) in [6.07, 6.45) is 0. The number of nitrogens with two attached hydrogens (primary N) is 1. The highest BCUT2D eigenvalue weighted by molar-refractivity contribution is 7.92. The van der Waals surface area contributed by atoms with E-state index in [0.717, 1.165) is 9.87 Å². The first-order chi connectivity index (χ1) is 12.9. The van der Waals surface area contributed by atoms with E-state index < -0.39 is 14.9 Å². The molecule has 8 heteroatoms. The number of sulfonamides is 1. The van der Waals surface area contributed by atoms with Crippen LogP contribution in [0, 0.1) is 10.1 Å². The van der Waals surface area contributed by atoms with E-state index in [0.29, 0.717) is 0 Å². The second-order valence-corrected chi connectivity index (χ2v) is 7.71. The minimum absolute atomic E-state index is 0.0126. The van der Waals surface area contributed by atoms with Crippen molar-refractivity contribution >= 4 is 27.1 Å². The molecule has 0 aromatic heterocycles. The van der Waals surface area contributed by atoms with Crippen molar-refractivity contribution in [1.82, 2.24) is 0 Å². The molecule has 0 radical (unpaired) electrons. The predicted octanol–water partition coefficient (Wildman–Crippen LogP) is 3.57. The summed E-state index contributed by atoms with van der Waals surface area (Å²) in [6, 6.07) is 20.7. The molecule has 0 atom stereocenters. The monoisotopic (exact) mass is 383 g/mol. The third-order valence-electron chi connectivity index (χ3n) is 3.92. The molecule has 0 aliphatic rings. The van der Waals surface area contributed by atoms with Crippen LogP contribution in [0.4, 0.5) is 17.1 Å². The number of hydrogen-bond acceptors (Lipinski definition) is 5. The highest BCUT2D eigenvalue weighted by Crippen LogP contribution is 2.31. The second-order valence-electron chi connectivity index (χ2n) is 5.85. The lowest BCUT2D eigenvalue weighted by atomic mass is 10.2. The van der Waals surface area contributed by atoms with E-state index in [-0.39, 0.29) is 28.5 Å². The van der Waals surface area contributed by atoms with Gasteiger partial charge >= 0.3 is 0 Å². The summed E-state index contributed by atoms with van der Waals surface area (Å²) in [6.45, 7) is 0.0126. The Morgan fingerprint density at radius 3 is 2.11 bits per heavy atom. The minimum Gasteiger partial charge on any atom is -0.398 e. The largest absolute Gasteiger partial charge is 0.398 e. The number of non-ortho nitro benzene ring substituents is 1. The summed E-state index contributed by atoms with van der Waals surface area (Å²) in [5, 5.41) is 11.2. The van der Waals surface area contributed by atoms with E-state index in [4.69, 9.17) is 5.73 Å². The summed E-state index contributed by atoms with van der Waals surface area (Å²) in [4.78, 5) is 10.7. The number of benzene rings is 3. The molecular weight excluding hydrogens is 366 g/mol. The van der Waals surface area contributed by atoms with Gasteiger partial charge in [-0.05, 0) is 23.8 Å². The second kappa shape index (κ2) is 7.46. The van der Waals surface area contributed by atoms with Crippen LogP contribution in [0.3, 0.4) is 0 Å². The molecule has 3 aromatic carbocycles. The molecular formula is C19H17N3O4S. The average Bonchev–Trinajstić information content (AvgIpc) is 2.67. The van der Waals surface area contributed by atoms with Crippen molar-refractivity contribution in [2.75, 3.05) is 10.0 Å². The van der Waals surface area contributed by atoms with Crippen molar-refractivity contribution in [1.29, 1.82) is 0 Å². The Kier molecular flexibility index (Phi) is 5.09. The zero-order chi connectivity index (χ0) is 19.4. The molecule has 0 saturated carbocycles. The molecule has 2 N–H and O–H groups in total. The third kappa shape index (κ3) is 4.06. The lowest BCUT2D eigenvalue weighted by molar-refractivity contribution is -0.384. The molecule has 0 amide bonds. The normalized spacial score (nSPS) is 11.1. The zero-order valence-electron chi connectivity index (χ0n) is 14.2. The number of nitrogen functional groups attached to an aromatic ring is 1. The van der Waals surface area contributed by atoms with Crippen LogP contribution in [0.15, 0.2) is 83.8 Å². The Bertz CT molecular complexity index is 1050. The first kappa shape index (κ1) is 18.4. The van der Waals surface area contributed by atoms with Crippen LogP contribution in [-0.2, 0) is 16.6 Å². The van der Waals surface area contributed by atoms with Gasteiger partial charge in [-0.2, -0.15) is 0 Å². The highest BCUT2D eigenvalue weighted by Gasteiger charge is 2.26. The maximum Gasteiger partial charge on any atom is 0.273 e. The van der Waals surface area contributed by atoms with E-state index in [1.54, 1.807) is 42.5 Å². The Morgan fingerprint density at radius 2 is 1.52 bits per heavy atom. The fourth-order valence-electron chi connectivity index (χ4n) is 2.65. The van der Waals surface area contributed by atoms with Gasteiger partial charge in [-0.15, -0.1) is 0 Å². The van der Waals surface area contributed by atoms with E-state index in [9.17, 15) is 18.5 Å². The summed E-state index contributed by atoms with van der Waals surface area (Å²) in [5.74, 6) is 0. The van der Waals surface area contributed by atoms with E-state index in [1.807, 2.05) is 6.07 Å². The van der Waals surface area contributed by atoms with E-state index in [2.05, 4.69) is 0 Å². The lowest BCUT2D eigenvalue weighted by Gasteiger charge is -2.25.